The Morgan fingerprint density at radius 1 is 1.06 bits per heavy atom. The molecule has 1 N–H and O–H groups in total. The van der Waals surface area contributed by atoms with Gasteiger partial charge in [-0.2, -0.15) is 16.9 Å². The summed E-state index contributed by atoms with van der Waals surface area (Å²) in [5.74, 6) is 3.32. The van der Waals surface area contributed by atoms with Gasteiger partial charge in [-0.1, -0.05) is 18.2 Å². The average molecular weight is 440 g/mol. The summed E-state index contributed by atoms with van der Waals surface area (Å²) >= 11 is 1.90. The summed E-state index contributed by atoms with van der Waals surface area (Å²) in [5, 5.41) is 7.83. The second-order valence-corrected chi connectivity index (χ2v) is 9.82. The molecule has 2 aliphatic heterocycles. The number of carbonyl (C=O) groups is 2. The fourth-order valence-corrected chi connectivity index (χ4v) is 5.39. The van der Waals surface area contributed by atoms with Crippen molar-refractivity contribution in [3.63, 3.8) is 0 Å². The maximum Gasteiger partial charge on any atom is 0.239 e. The molecule has 164 valence electrons. The fraction of sp³-hybridized carbons (Fsp3) is 0.522. The van der Waals surface area contributed by atoms with E-state index < -0.39 is 0 Å². The molecular weight excluding hydrogens is 410 g/mol. The van der Waals surface area contributed by atoms with Crippen molar-refractivity contribution in [2.45, 2.75) is 37.6 Å². The Labute approximate surface area is 187 Å². The predicted octanol–water partition coefficient (Wildman–Crippen LogP) is 2.73. The highest BCUT2D eigenvalue weighted by atomic mass is 32.2. The maximum absolute atomic E-state index is 13.0. The molecule has 1 saturated carbocycles. The number of carbonyl (C=O) groups excluding carboxylic acids is 2. The standard InChI is InChI=1S/C23H29N5O2S/c29-22(16-27-10-4-7-20(27)23(30)26-11-13-31-14-12-26)24-21-15-19(17-8-9-17)25-28(21)18-5-2-1-3-6-18/h1-3,5-6,15,17,20H,4,7-14,16H2,(H,24,29). The molecule has 2 aromatic rings. The molecule has 0 spiro atoms. The molecule has 3 fully saturated rings. The molecule has 31 heavy (non-hydrogen) atoms. The van der Waals surface area contributed by atoms with E-state index in [1.165, 1.54) is 0 Å². The van der Waals surface area contributed by atoms with E-state index in [1.807, 2.05) is 62.6 Å². The third kappa shape index (κ3) is 4.65. The van der Waals surface area contributed by atoms with E-state index in [2.05, 4.69) is 5.32 Å². The van der Waals surface area contributed by atoms with Crippen LogP contribution in [0.2, 0.25) is 0 Å². The first-order chi connectivity index (χ1) is 15.2. The van der Waals surface area contributed by atoms with Gasteiger partial charge in [-0.05, 0) is 44.4 Å². The Morgan fingerprint density at radius 3 is 2.58 bits per heavy atom. The quantitative estimate of drug-likeness (QED) is 0.750. The molecule has 3 aliphatic rings. The average Bonchev–Trinajstić information content (AvgIpc) is 3.42. The number of amides is 2. The summed E-state index contributed by atoms with van der Waals surface area (Å²) in [6.07, 6.45) is 4.11. The molecular formula is C23H29N5O2S. The van der Waals surface area contributed by atoms with Crippen molar-refractivity contribution in [1.29, 1.82) is 0 Å². The zero-order valence-electron chi connectivity index (χ0n) is 17.7. The van der Waals surface area contributed by atoms with Gasteiger partial charge in [0.05, 0.1) is 24.0 Å². The number of rotatable bonds is 6. The lowest BCUT2D eigenvalue weighted by atomic mass is 10.2. The monoisotopic (exact) mass is 439 g/mol. The van der Waals surface area contributed by atoms with E-state index in [0.717, 1.165) is 68.2 Å². The molecule has 1 unspecified atom stereocenters. The molecule has 0 radical (unpaired) electrons. The maximum atomic E-state index is 13.0. The van der Waals surface area contributed by atoms with Crippen molar-refractivity contribution < 1.29 is 9.59 Å². The second kappa shape index (κ2) is 9.04. The molecule has 1 aromatic carbocycles. The van der Waals surface area contributed by atoms with Crippen LogP contribution in [-0.4, -0.2) is 75.1 Å². The first kappa shape index (κ1) is 20.6. The first-order valence-electron chi connectivity index (χ1n) is 11.2. The Morgan fingerprint density at radius 2 is 1.84 bits per heavy atom. The van der Waals surface area contributed by atoms with Crippen molar-refractivity contribution in [3.05, 3.63) is 42.1 Å². The van der Waals surface area contributed by atoms with Crippen LogP contribution in [0.15, 0.2) is 36.4 Å². The van der Waals surface area contributed by atoms with Crippen LogP contribution >= 0.6 is 11.8 Å². The van der Waals surface area contributed by atoms with Gasteiger partial charge in [-0.15, -0.1) is 0 Å². The van der Waals surface area contributed by atoms with Gasteiger partial charge in [0.25, 0.3) is 0 Å². The van der Waals surface area contributed by atoms with E-state index in [9.17, 15) is 9.59 Å². The molecule has 5 rings (SSSR count). The molecule has 7 nitrogen and oxygen atoms in total. The Hall–Kier alpha value is -2.32. The van der Waals surface area contributed by atoms with Crippen LogP contribution in [0.5, 0.6) is 0 Å². The number of anilines is 1. The second-order valence-electron chi connectivity index (χ2n) is 8.59. The van der Waals surface area contributed by atoms with Crippen LogP contribution in [0, 0.1) is 0 Å². The minimum absolute atomic E-state index is 0.0895. The van der Waals surface area contributed by atoms with Crippen molar-refractivity contribution in [3.8, 4) is 5.69 Å². The van der Waals surface area contributed by atoms with Crippen LogP contribution < -0.4 is 5.32 Å². The number of aromatic nitrogens is 2. The zero-order chi connectivity index (χ0) is 21.2. The van der Waals surface area contributed by atoms with Crippen LogP contribution in [0.25, 0.3) is 5.69 Å². The van der Waals surface area contributed by atoms with Crippen molar-refractivity contribution in [2.75, 3.05) is 43.0 Å². The Kier molecular flexibility index (Phi) is 6.00. The molecule has 1 atom stereocenters. The first-order valence-corrected chi connectivity index (χ1v) is 12.4. The van der Waals surface area contributed by atoms with Gasteiger partial charge in [-0.3, -0.25) is 14.5 Å². The Bertz CT molecular complexity index is 937. The molecule has 8 heteroatoms. The van der Waals surface area contributed by atoms with Crippen LogP contribution in [0.1, 0.15) is 37.3 Å². The lowest BCUT2D eigenvalue weighted by molar-refractivity contribution is -0.136. The highest BCUT2D eigenvalue weighted by Crippen LogP contribution is 2.40. The number of thioether (sulfide) groups is 1. The summed E-state index contributed by atoms with van der Waals surface area (Å²) in [6, 6.07) is 11.7. The van der Waals surface area contributed by atoms with E-state index in [1.54, 1.807) is 0 Å². The van der Waals surface area contributed by atoms with Crippen LogP contribution in [0.4, 0.5) is 5.82 Å². The summed E-state index contributed by atoms with van der Waals surface area (Å²) in [5.41, 5.74) is 1.97. The lowest BCUT2D eigenvalue weighted by Gasteiger charge is -2.32. The van der Waals surface area contributed by atoms with E-state index >= 15 is 0 Å². The third-order valence-corrected chi connectivity index (χ3v) is 7.25. The van der Waals surface area contributed by atoms with Gasteiger partial charge >= 0.3 is 0 Å². The predicted molar refractivity (Wildman–Crippen MR) is 123 cm³/mol. The molecule has 3 heterocycles. The normalized spacial score (nSPS) is 21.9. The topological polar surface area (TPSA) is 70.5 Å². The highest BCUT2D eigenvalue weighted by molar-refractivity contribution is 7.99. The molecule has 2 amide bonds. The number of para-hydroxylation sites is 1. The molecule has 0 bridgehead atoms. The minimum atomic E-state index is -0.171. The molecule has 1 aromatic heterocycles. The van der Waals surface area contributed by atoms with Crippen molar-refractivity contribution in [1.82, 2.24) is 19.6 Å². The number of nitrogens with one attached hydrogen (secondary N) is 1. The minimum Gasteiger partial charge on any atom is -0.340 e. The smallest absolute Gasteiger partial charge is 0.239 e. The third-order valence-electron chi connectivity index (χ3n) is 6.31. The summed E-state index contributed by atoms with van der Waals surface area (Å²) < 4.78 is 1.82. The van der Waals surface area contributed by atoms with Gasteiger partial charge in [0.15, 0.2) is 0 Å². The van der Waals surface area contributed by atoms with Gasteiger partial charge in [0.2, 0.25) is 11.8 Å². The van der Waals surface area contributed by atoms with Crippen LogP contribution in [0.3, 0.4) is 0 Å². The SMILES string of the molecule is O=C(CN1CCCC1C(=O)N1CCSCC1)Nc1cc(C2CC2)nn1-c1ccccc1. The summed E-state index contributed by atoms with van der Waals surface area (Å²) in [7, 11) is 0. The summed E-state index contributed by atoms with van der Waals surface area (Å²) in [4.78, 5) is 30.0. The number of hydrogen-bond donors (Lipinski definition) is 1. The van der Waals surface area contributed by atoms with Gasteiger partial charge in [0.1, 0.15) is 5.82 Å². The van der Waals surface area contributed by atoms with Gasteiger partial charge in [0, 0.05) is 36.6 Å². The molecule has 2 saturated heterocycles. The van der Waals surface area contributed by atoms with Crippen molar-refractivity contribution >= 4 is 29.4 Å². The number of benzene rings is 1. The number of likely N-dealkylation sites (tertiary alicyclic amines) is 1. The van der Waals surface area contributed by atoms with Crippen LogP contribution in [-0.2, 0) is 9.59 Å². The molecule has 1 aliphatic carbocycles. The Balaban J connectivity index is 1.27. The zero-order valence-corrected chi connectivity index (χ0v) is 18.5. The van der Waals surface area contributed by atoms with Gasteiger partial charge in [-0.25, -0.2) is 4.68 Å². The van der Waals surface area contributed by atoms with E-state index in [4.69, 9.17) is 5.10 Å². The number of hydrogen-bond acceptors (Lipinski definition) is 5. The van der Waals surface area contributed by atoms with E-state index in [-0.39, 0.29) is 24.4 Å². The highest BCUT2D eigenvalue weighted by Gasteiger charge is 2.35. The summed E-state index contributed by atoms with van der Waals surface area (Å²) in [6.45, 7) is 2.66. The van der Waals surface area contributed by atoms with Crippen molar-refractivity contribution in [2.24, 2.45) is 0 Å². The fourth-order valence-electron chi connectivity index (χ4n) is 4.49. The lowest BCUT2D eigenvalue weighted by Crippen LogP contribution is -2.50. The van der Waals surface area contributed by atoms with E-state index in [0.29, 0.717) is 11.7 Å². The van der Waals surface area contributed by atoms with Gasteiger partial charge < -0.3 is 10.2 Å². The number of nitrogens with zero attached hydrogens (tertiary/aromatic N) is 4. The largest absolute Gasteiger partial charge is 0.340 e.